The molecule has 1 aromatic rings. The minimum atomic E-state index is -0.771. The van der Waals surface area contributed by atoms with Crippen LogP contribution in [0, 0.1) is 0 Å². The number of aliphatic hydroxyl groups is 1. The molecule has 1 aliphatic heterocycles. The van der Waals surface area contributed by atoms with E-state index in [2.05, 4.69) is 0 Å². The second-order valence-corrected chi connectivity index (χ2v) is 4.68. The molecule has 0 aliphatic carbocycles. The highest BCUT2D eigenvalue weighted by Crippen LogP contribution is 2.30. The second kappa shape index (κ2) is 5.36. The molecular weight excluding hydrogens is 226 g/mol. The van der Waals surface area contributed by atoms with Gasteiger partial charge in [0.15, 0.2) is 6.23 Å². The third kappa shape index (κ3) is 2.31. The Bertz CT molecular complexity index is 453. The monoisotopic (exact) mass is 245 g/mol. The van der Waals surface area contributed by atoms with Crippen molar-refractivity contribution in [3.8, 4) is 0 Å². The lowest BCUT2D eigenvalue weighted by Gasteiger charge is -2.29. The van der Waals surface area contributed by atoms with Gasteiger partial charge in [0.25, 0.3) is 0 Å². The minimum absolute atomic E-state index is 0.0951. The van der Waals surface area contributed by atoms with Crippen LogP contribution in [0.1, 0.15) is 38.3 Å². The number of hydrogen-bond donors (Lipinski definition) is 1. The molecule has 0 spiro atoms. The third-order valence-electron chi connectivity index (χ3n) is 3.40. The van der Waals surface area contributed by atoms with Gasteiger partial charge < -0.3 is 10.0 Å². The molecule has 0 saturated heterocycles. The van der Waals surface area contributed by atoms with Gasteiger partial charge >= 0.3 is 0 Å². The number of amides is 1. The quantitative estimate of drug-likeness (QED) is 0.886. The zero-order valence-corrected chi connectivity index (χ0v) is 10.8. The summed E-state index contributed by atoms with van der Waals surface area (Å²) in [5, 5.41) is 10.2. The number of carbonyl (C=O) groups excluding carboxylic acids is 1. The average molecular weight is 245 g/mol. The maximum Gasteiger partial charge on any atom is 0.249 e. The van der Waals surface area contributed by atoms with Gasteiger partial charge in [-0.3, -0.25) is 4.79 Å². The van der Waals surface area contributed by atoms with E-state index in [4.69, 9.17) is 0 Å². The van der Waals surface area contributed by atoms with Crippen LogP contribution in [0.5, 0.6) is 0 Å². The van der Waals surface area contributed by atoms with E-state index >= 15 is 0 Å². The van der Waals surface area contributed by atoms with Crippen LogP contribution in [-0.4, -0.2) is 22.1 Å². The predicted molar refractivity (Wildman–Crippen MR) is 70.7 cm³/mol. The summed E-state index contributed by atoms with van der Waals surface area (Å²) >= 11 is 0. The Morgan fingerprint density at radius 2 is 2.00 bits per heavy atom. The molecule has 1 heterocycles. The van der Waals surface area contributed by atoms with E-state index in [1.807, 2.05) is 44.2 Å². The van der Waals surface area contributed by atoms with Gasteiger partial charge in [-0.15, -0.1) is 0 Å². The smallest absolute Gasteiger partial charge is 0.249 e. The molecule has 0 saturated carbocycles. The molecule has 1 aromatic carbocycles. The van der Waals surface area contributed by atoms with Crippen LogP contribution < -0.4 is 0 Å². The number of carbonyl (C=O) groups is 1. The van der Waals surface area contributed by atoms with Crippen molar-refractivity contribution in [3.63, 3.8) is 0 Å². The number of nitrogens with zero attached hydrogens (tertiary/aromatic N) is 1. The largest absolute Gasteiger partial charge is 0.369 e. The molecule has 2 rings (SSSR count). The van der Waals surface area contributed by atoms with Crippen molar-refractivity contribution < 1.29 is 9.90 Å². The van der Waals surface area contributed by atoms with Crippen molar-refractivity contribution in [1.29, 1.82) is 0 Å². The third-order valence-corrected chi connectivity index (χ3v) is 3.40. The van der Waals surface area contributed by atoms with E-state index in [0.29, 0.717) is 0 Å². The first-order chi connectivity index (χ1) is 8.65. The van der Waals surface area contributed by atoms with Gasteiger partial charge in [-0.1, -0.05) is 43.7 Å². The molecule has 0 radical (unpaired) electrons. The molecule has 3 heteroatoms. The number of hydrogen-bond acceptors (Lipinski definition) is 2. The Balaban J connectivity index is 2.18. The van der Waals surface area contributed by atoms with E-state index in [0.717, 1.165) is 24.0 Å². The van der Waals surface area contributed by atoms with Crippen molar-refractivity contribution in [2.75, 3.05) is 0 Å². The van der Waals surface area contributed by atoms with Crippen LogP contribution in [0.4, 0.5) is 0 Å². The highest BCUT2D eigenvalue weighted by molar-refractivity contribution is 5.92. The van der Waals surface area contributed by atoms with Crippen molar-refractivity contribution in [2.45, 2.75) is 39.0 Å². The van der Waals surface area contributed by atoms with Gasteiger partial charge in [-0.05, 0) is 24.5 Å². The topological polar surface area (TPSA) is 40.5 Å². The fourth-order valence-electron chi connectivity index (χ4n) is 2.39. The van der Waals surface area contributed by atoms with Gasteiger partial charge in [0.05, 0.1) is 6.04 Å². The van der Waals surface area contributed by atoms with Gasteiger partial charge in [-0.2, -0.15) is 0 Å². The zero-order chi connectivity index (χ0) is 13.1. The normalized spacial score (nSPS) is 21.1. The lowest BCUT2D eigenvalue weighted by atomic mass is 10.1. The summed E-state index contributed by atoms with van der Waals surface area (Å²) in [6, 6.07) is 9.67. The first-order valence-electron chi connectivity index (χ1n) is 6.41. The molecule has 0 fully saturated rings. The molecule has 1 unspecified atom stereocenters. The van der Waals surface area contributed by atoms with E-state index in [-0.39, 0.29) is 11.9 Å². The van der Waals surface area contributed by atoms with Crippen LogP contribution in [0.25, 0.3) is 0 Å². The van der Waals surface area contributed by atoms with Crippen molar-refractivity contribution in [2.24, 2.45) is 0 Å². The summed E-state index contributed by atoms with van der Waals surface area (Å²) in [5.74, 6) is -0.0951. The standard InChI is InChI=1S/C15H19NO2/c1-3-7-13-10-14(17)16(15(13)18)11(2)12-8-5-4-6-9-12/h4-6,8-11,15,18H,3,7H2,1-2H3/t11-,15?/m0/s1. The van der Waals surface area contributed by atoms with Gasteiger partial charge in [0, 0.05) is 6.08 Å². The Kier molecular flexibility index (Phi) is 3.82. The molecule has 3 nitrogen and oxygen atoms in total. The molecular formula is C15H19NO2. The number of aliphatic hydroxyl groups excluding tert-OH is 1. The van der Waals surface area contributed by atoms with Crippen molar-refractivity contribution in [1.82, 2.24) is 4.90 Å². The van der Waals surface area contributed by atoms with Gasteiger partial charge in [0.1, 0.15) is 0 Å². The fraction of sp³-hybridized carbons (Fsp3) is 0.400. The van der Waals surface area contributed by atoms with Crippen LogP contribution in [-0.2, 0) is 4.79 Å². The van der Waals surface area contributed by atoms with Crippen molar-refractivity contribution >= 4 is 5.91 Å². The summed E-state index contributed by atoms with van der Waals surface area (Å²) in [6.07, 6.45) is 2.51. The predicted octanol–water partition coefficient (Wildman–Crippen LogP) is 2.63. The average Bonchev–Trinajstić information content (AvgIpc) is 2.65. The zero-order valence-electron chi connectivity index (χ0n) is 10.8. The van der Waals surface area contributed by atoms with Crippen LogP contribution in [0.2, 0.25) is 0 Å². The van der Waals surface area contributed by atoms with E-state index in [1.165, 1.54) is 0 Å². The molecule has 96 valence electrons. The fourth-order valence-corrected chi connectivity index (χ4v) is 2.39. The van der Waals surface area contributed by atoms with Gasteiger partial charge in [-0.25, -0.2) is 0 Å². The SMILES string of the molecule is CCCC1=CC(=O)N([C@@H](C)c2ccccc2)C1O. The highest BCUT2D eigenvalue weighted by atomic mass is 16.3. The van der Waals surface area contributed by atoms with Gasteiger partial charge in [0.2, 0.25) is 5.91 Å². The number of rotatable bonds is 4. The molecule has 1 N–H and O–H groups in total. The maximum absolute atomic E-state index is 12.0. The Hall–Kier alpha value is -1.61. The maximum atomic E-state index is 12.0. The minimum Gasteiger partial charge on any atom is -0.369 e. The second-order valence-electron chi connectivity index (χ2n) is 4.68. The molecule has 0 bridgehead atoms. The molecule has 0 aromatic heterocycles. The Labute approximate surface area is 108 Å². The van der Waals surface area contributed by atoms with Crippen LogP contribution >= 0.6 is 0 Å². The lowest BCUT2D eigenvalue weighted by molar-refractivity contribution is -0.134. The summed E-state index contributed by atoms with van der Waals surface area (Å²) in [5.41, 5.74) is 1.86. The van der Waals surface area contributed by atoms with E-state index < -0.39 is 6.23 Å². The summed E-state index contributed by atoms with van der Waals surface area (Å²) < 4.78 is 0. The first-order valence-corrected chi connectivity index (χ1v) is 6.41. The molecule has 1 amide bonds. The number of benzene rings is 1. The van der Waals surface area contributed by atoms with Crippen molar-refractivity contribution in [3.05, 3.63) is 47.5 Å². The van der Waals surface area contributed by atoms with E-state index in [1.54, 1.807) is 11.0 Å². The highest BCUT2D eigenvalue weighted by Gasteiger charge is 2.34. The van der Waals surface area contributed by atoms with E-state index in [9.17, 15) is 9.90 Å². The molecule has 18 heavy (non-hydrogen) atoms. The summed E-state index contributed by atoms with van der Waals surface area (Å²) in [4.78, 5) is 13.5. The Morgan fingerprint density at radius 1 is 1.33 bits per heavy atom. The van der Waals surface area contributed by atoms with Crippen LogP contribution in [0.3, 0.4) is 0 Å². The summed E-state index contributed by atoms with van der Waals surface area (Å²) in [6.45, 7) is 3.99. The lowest BCUT2D eigenvalue weighted by Crippen LogP contribution is -2.37. The molecule has 1 aliphatic rings. The summed E-state index contributed by atoms with van der Waals surface area (Å²) in [7, 11) is 0. The molecule has 2 atom stereocenters. The first kappa shape index (κ1) is 12.8. The van der Waals surface area contributed by atoms with Crippen LogP contribution in [0.15, 0.2) is 42.0 Å². The Morgan fingerprint density at radius 3 is 2.61 bits per heavy atom.